The van der Waals surface area contributed by atoms with Crippen LogP contribution < -0.4 is 5.32 Å². The van der Waals surface area contributed by atoms with E-state index in [1.54, 1.807) is 18.2 Å². The molecule has 110 valence electrons. The van der Waals surface area contributed by atoms with Crippen molar-refractivity contribution in [1.82, 2.24) is 4.98 Å². The van der Waals surface area contributed by atoms with Gasteiger partial charge in [0.1, 0.15) is 11.9 Å². The minimum atomic E-state index is -0.685. The molecule has 22 heavy (non-hydrogen) atoms. The molecular weight excluding hydrogens is 290 g/mol. The second-order valence-corrected chi connectivity index (χ2v) is 4.21. The Balaban J connectivity index is 2.15. The number of nitro groups is 2. The van der Waals surface area contributed by atoms with E-state index in [4.69, 9.17) is 5.26 Å². The molecule has 9 nitrogen and oxygen atoms in total. The summed E-state index contributed by atoms with van der Waals surface area (Å²) in [5.41, 5.74) is -0.0565. The minimum Gasteiger partial charge on any atom is -0.366 e. The number of nitro benzene ring substituents is 1. The predicted octanol–water partition coefficient (Wildman–Crippen LogP) is 2.38. The number of aromatic nitrogens is 1. The number of hydrogen-bond acceptors (Lipinski definition) is 7. The van der Waals surface area contributed by atoms with Gasteiger partial charge in [-0.25, -0.2) is 4.98 Å². The third-order valence-electron chi connectivity index (χ3n) is 2.77. The van der Waals surface area contributed by atoms with E-state index in [1.807, 2.05) is 0 Å². The van der Waals surface area contributed by atoms with Crippen LogP contribution in [0.3, 0.4) is 0 Å². The molecular formula is C13H9N5O4. The molecule has 0 aliphatic carbocycles. The van der Waals surface area contributed by atoms with Crippen LogP contribution >= 0.6 is 0 Å². The van der Waals surface area contributed by atoms with Gasteiger partial charge in [0, 0.05) is 24.7 Å². The summed E-state index contributed by atoms with van der Waals surface area (Å²) in [6.07, 6.45) is 0. The first kappa shape index (κ1) is 14.9. The van der Waals surface area contributed by atoms with Gasteiger partial charge >= 0.3 is 5.69 Å². The van der Waals surface area contributed by atoms with E-state index >= 15 is 0 Å². The van der Waals surface area contributed by atoms with Crippen LogP contribution in [0.1, 0.15) is 11.3 Å². The van der Waals surface area contributed by atoms with Crippen LogP contribution in [0, 0.1) is 31.6 Å². The summed E-state index contributed by atoms with van der Waals surface area (Å²) in [6, 6.07) is 10.2. The molecule has 0 unspecified atom stereocenters. The largest absolute Gasteiger partial charge is 0.366 e. The molecule has 1 N–H and O–H groups in total. The highest BCUT2D eigenvalue weighted by atomic mass is 16.6. The van der Waals surface area contributed by atoms with Gasteiger partial charge in [-0.2, -0.15) is 5.26 Å². The van der Waals surface area contributed by atoms with E-state index < -0.39 is 9.85 Å². The van der Waals surface area contributed by atoms with Crippen LogP contribution in [0.25, 0.3) is 0 Å². The SMILES string of the molecule is N#Cc1nc(NCc2cccc([N+](=O)[O-])c2)ccc1[N+](=O)[O-]. The van der Waals surface area contributed by atoms with Gasteiger partial charge in [-0.15, -0.1) is 0 Å². The molecule has 0 amide bonds. The zero-order chi connectivity index (χ0) is 16.1. The van der Waals surface area contributed by atoms with Crippen LogP contribution in [-0.4, -0.2) is 14.8 Å². The lowest BCUT2D eigenvalue weighted by Gasteiger charge is -2.06. The van der Waals surface area contributed by atoms with Gasteiger partial charge in [0.05, 0.1) is 9.85 Å². The maximum atomic E-state index is 10.7. The average Bonchev–Trinajstić information content (AvgIpc) is 2.52. The van der Waals surface area contributed by atoms with Crippen molar-refractivity contribution in [3.63, 3.8) is 0 Å². The summed E-state index contributed by atoms with van der Waals surface area (Å²) in [4.78, 5) is 24.0. The molecule has 0 aliphatic rings. The van der Waals surface area contributed by atoms with Crippen LogP contribution in [0.2, 0.25) is 0 Å². The third kappa shape index (κ3) is 3.31. The Bertz CT molecular complexity index is 784. The van der Waals surface area contributed by atoms with Gasteiger partial charge in [0.15, 0.2) is 0 Å². The molecule has 9 heteroatoms. The highest BCUT2D eigenvalue weighted by molar-refractivity contribution is 5.50. The average molecular weight is 299 g/mol. The topological polar surface area (TPSA) is 135 Å². The van der Waals surface area contributed by atoms with Gasteiger partial charge < -0.3 is 5.32 Å². The quantitative estimate of drug-likeness (QED) is 0.661. The normalized spacial score (nSPS) is 9.77. The van der Waals surface area contributed by atoms with Gasteiger partial charge in [-0.05, 0) is 11.6 Å². The van der Waals surface area contributed by atoms with Crippen molar-refractivity contribution in [3.05, 3.63) is 67.9 Å². The Morgan fingerprint density at radius 2 is 1.95 bits per heavy atom. The first-order chi connectivity index (χ1) is 10.5. The number of anilines is 1. The Labute approximate surface area is 124 Å². The van der Waals surface area contributed by atoms with Crippen molar-refractivity contribution in [3.8, 4) is 6.07 Å². The maximum Gasteiger partial charge on any atom is 0.305 e. The molecule has 0 atom stereocenters. The van der Waals surface area contributed by atoms with E-state index in [2.05, 4.69) is 10.3 Å². The standard InChI is InChI=1S/C13H9N5O4/c14-7-11-12(18(21)22)4-5-13(16-11)15-8-9-2-1-3-10(6-9)17(19)20/h1-6H,8H2,(H,15,16). The lowest BCUT2D eigenvalue weighted by atomic mass is 10.2. The van der Waals surface area contributed by atoms with E-state index in [0.29, 0.717) is 5.56 Å². The summed E-state index contributed by atoms with van der Waals surface area (Å²) in [6.45, 7) is 0.233. The van der Waals surface area contributed by atoms with Crippen molar-refractivity contribution in [2.24, 2.45) is 0 Å². The monoisotopic (exact) mass is 299 g/mol. The molecule has 0 saturated carbocycles. The van der Waals surface area contributed by atoms with Crippen molar-refractivity contribution >= 4 is 17.2 Å². The number of nitrogens with one attached hydrogen (secondary N) is 1. The first-order valence-electron chi connectivity index (χ1n) is 6.04. The number of nitrogens with zero attached hydrogens (tertiary/aromatic N) is 4. The predicted molar refractivity (Wildman–Crippen MR) is 76.0 cm³/mol. The third-order valence-corrected chi connectivity index (χ3v) is 2.77. The van der Waals surface area contributed by atoms with Crippen molar-refractivity contribution in [1.29, 1.82) is 5.26 Å². The van der Waals surface area contributed by atoms with E-state index in [-0.39, 0.29) is 29.4 Å². The molecule has 0 spiro atoms. The number of benzene rings is 1. The lowest BCUT2D eigenvalue weighted by molar-refractivity contribution is -0.385. The number of rotatable bonds is 5. The van der Waals surface area contributed by atoms with Crippen molar-refractivity contribution in [2.45, 2.75) is 6.54 Å². The summed E-state index contributed by atoms with van der Waals surface area (Å²) >= 11 is 0. The molecule has 0 bridgehead atoms. The van der Waals surface area contributed by atoms with Gasteiger partial charge in [-0.3, -0.25) is 20.2 Å². The van der Waals surface area contributed by atoms with E-state index in [1.165, 1.54) is 24.3 Å². The lowest BCUT2D eigenvalue weighted by Crippen LogP contribution is -2.04. The summed E-state index contributed by atoms with van der Waals surface area (Å²) < 4.78 is 0. The highest BCUT2D eigenvalue weighted by Crippen LogP contribution is 2.19. The molecule has 1 heterocycles. The summed E-state index contributed by atoms with van der Waals surface area (Å²) in [7, 11) is 0. The second kappa shape index (κ2) is 6.27. The summed E-state index contributed by atoms with van der Waals surface area (Å²) in [5.74, 6) is 0.272. The maximum absolute atomic E-state index is 10.7. The van der Waals surface area contributed by atoms with Gasteiger partial charge in [0.25, 0.3) is 5.69 Å². The van der Waals surface area contributed by atoms with E-state index in [0.717, 1.165) is 0 Å². The number of non-ortho nitro benzene ring substituents is 1. The molecule has 0 radical (unpaired) electrons. The summed E-state index contributed by atoms with van der Waals surface area (Å²) in [5, 5.41) is 33.1. The van der Waals surface area contributed by atoms with Crippen LogP contribution in [0.15, 0.2) is 36.4 Å². The Morgan fingerprint density at radius 1 is 1.18 bits per heavy atom. The zero-order valence-electron chi connectivity index (χ0n) is 11.1. The van der Waals surface area contributed by atoms with Gasteiger partial charge in [-0.1, -0.05) is 12.1 Å². The first-order valence-corrected chi connectivity index (χ1v) is 6.04. The van der Waals surface area contributed by atoms with Crippen LogP contribution in [-0.2, 0) is 6.54 Å². The zero-order valence-corrected chi connectivity index (χ0v) is 11.1. The fraction of sp³-hybridized carbons (Fsp3) is 0.0769. The molecule has 2 aromatic rings. The Morgan fingerprint density at radius 3 is 2.59 bits per heavy atom. The number of nitriles is 1. The molecule has 0 fully saturated rings. The van der Waals surface area contributed by atoms with E-state index in [9.17, 15) is 20.2 Å². The smallest absolute Gasteiger partial charge is 0.305 e. The fourth-order valence-electron chi connectivity index (χ4n) is 1.75. The second-order valence-electron chi connectivity index (χ2n) is 4.21. The Hall–Kier alpha value is -3.54. The molecule has 0 saturated heterocycles. The molecule has 1 aromatic carbocycles. The highest BCUT2D eigenvalue weighted by Gasteiger charge is 2.15. The molecule has 0 aliphatic heterocycles. The molecule has 1 aromatic heterocycles. The van der Waals surface area contributed by atoms with Crippen molar-refractivity contribution < 1.29 is 9.85 Å². The number of hydrogen-bond donors (Lipinski definition) is 1. The Kier molecular flexibility index (Phi) is 4.24. The van der Waals surface area contributed by atoms with Crippen LogP contribution in [0.4, 0.5) is 17.2 Å². The van der Waals surface area contributed by atoms with Crippen molar-refractivity contribution in [2.75, 3.05) is 5.32 Å². The number of pyridine rings is 1. The molecule has 2 rings (SSSR count). The van der Waals surface area contributed by atoms with Gasteiger partial charge in [0.2, 0.25) is 5.69 Å². The minimum absolute atomic E-state index is 0.0336. The van der Waals surface area contributed by atoms with Crippen LogP contribution in [0.5, 0.6) is 0 Å². The fourth-order valence-corrected chi connectivity index (χ4v) is 1.75.